The summed E-state index contributed by atoms with van der Waals surface area (Å²) in [6, 6.07) is 0. The van der Waals surface area contributed by atoms with E-state index in [2.05, 4.69) is 4.99 Å². The number of hydrogen-bond donors (Lipinski definition) is 0. The normalized spacial score (nSPS) is 15.2. The minimum atomic E-state index is 0.548. The van der Waals surface area contributed by atoms with E-state index in [1.165, 1.54) is 0 Å². The van der Waals surface area contributed by atoms with Crippen molar-refractivity contribution in [2.75, 3.05) is 0 Å². The summed E-state index contributed by atoms with van der Waals surface area (Å²) in [5.74, 6) is 0. The molecule has 0 saturated carbocycles. The average Bonchev–Trinajstić information content (AvgIpc) is 2.02. The lowest BCUT2D eigenvalue weighted by Crippen LogP contribution is -1.76. The van der Waals surface area contributed by atoms with Crippen molar-refractivity contribution in [3.63, 3.8) is 0 Å². The van der Waals surface area contributed by atoms with Gasteiger partial charge in [-0.15, -0.1) is 0 Å². The van der Waals surface area contributed by atoms with Gasteiger partial charge in [-0.3, -0.25) is 0 Å². The van der Waals surface area contributed by atoms with E-state index in [0.29, 0.717) is 10.2 Å². The molecule has 68 valence electrons. The third-order valence-electron chi connectivity index (χ3n) is 1.37. The van der Waals surface area contributed by atoms with Crippen LogP contribution in [0.25, 0.3) is 0 Å². The zero-order valence-electron chi connectivity index (χ0n) is 7.56. The first kappa shape index (κ1) is 11.7. The van der Waals surface area contributed by atoms with Gasteiger partial charge in [0.25, 0.3) is 0 Å². The average molecular weight is 206 g/mol. The molecule has 0 aliphatic heterocycles. The van der Waals surface area contributed by atoms with E-state index in [0.717, 1.165) is 12.0 Å². The monoisotopic (exact) mass is 205 g/mol. The molecule has 0 unspecified atom stereocenters. The van der Waals surface area contributed by atoms with E-state index in [1.54, 1.807) is 19.2 Å². The highest BCUT2D eigenvalue weighted by atomic mass is 35.5. The second-order valence-corrected chi connectivity index (χ2v) is 3.41. The molecule has 0 aliphatic carbocycles. The molecule has 0 aromatic heterocycles. The SMILES string of the molecule is CCC(C)=C(Cl)/N=C\C=C(/C)Cl. The highest BCUT2D eigenvalue weighted by molar-refractivity contribution is 6.31. The van der Waals surface area contributed by atoms with Crippen molar-refractivity contribution in [3.8, 4) is 0 Å². The lowest BCUT2D eigenvalue weighted by Gasteiger charge is -1.94. The molecular weight excluding hydrogens is 193 g/mol. The van der Waals surface area contributed by atoms with Gasteiger partial charge in [0.1, 0.15) is 5.16 Å². The third-order valence-corrected chi connectivity index (χ3v) is 1.92. The maximum absolute atomic E-state index is 5.82. The molecule has 0 rings (SSSR count). The minimum Gasteiger partial charge on any atom is -0.245 e. The van der Waals surface area contributed by atoms with Gasteiger partial charge in [0, 0.05) is 11.2 Å². The Kier molecular flexibility index (Phi) is 6.13. The molecule has 0 atom stereocenters. The van der Waals surface area contributed by atoms with Crippen LogP contribution in [0.3, 0.4) is 0 Å². The molecule has 0 N–H and O–H groups in total. The van der Waals surface area contributed by atoms with E-state index in [-0.39, 0.29) is 0 Å². The molecule has 0 radical (unpaired) electrons. The summed E-state index contributed by atoms with van der Waals surface area (Å²) in [6.45, 7) is 5.78. The van der Waals surface area contributed by atoms with Gasteiger partial charge in [-0.1, -0.05) is 30.1 Å². The van der Waals surface area contributed by atoms with Crippen LogP contribution in [0.5, 0.6) is 0 Å². The summed E-state index contributed by atoms with van der Waals surface area (Å²) in [4.78, 5) is 3.99. The molecule has 3 heteroatoms. The molecule has 1 nitrogen and oxygen atoms in total. The highest BCUT2D eigenvalue weighted by Gasteiger charge is 1.91. The van der Waals surface area contributed by atoms with Crippen LogP contribution in [0.15, 0.2) is 26.8 Å². The highest BCUT2D eigenvalue weighted by Crippen LogP contribution is 2.12. The van der Waals surface area contributed by atoms with E-state index in [9.17, 15) is 0 Å². The van der Waals surface area contributed by atoms with Crippen molar-refractivity contribution in [1.82, 2.24) is 0 Å². The molecule has 0 heterocycles. The Bertz CT molecular complexity index is 223. The van der Waals surface area contributed by atoms with Crippen LogP contribution in [0, 0.1) is 0 Å². The van der Waals surface area contributed by atoms with E-state index < -0.39 is 0 Å². The Morgan fingerprint density at radius 2 is 1.92 bits per heavy atom. The molecule has 0 spiro atoms. The topological polar surface area (TPSA) is 12.4 Å². The largest absolute Gasteiger partial charge is 0.245 e. The summed E-state index contributed by atoms with van der Waals surface area (Å²) in [5, 5.41) is 1.24. The summed E-state index contributed by atoms with van der Waals surface area (Å²) in [6.07, 6.45) is 4.22. The van der Waals surface area contributed by atoms with Crippen LogP contribution in [-0.2, 0) is 0 Å². The molecule has 0 fully saturated rings. The van der Waals surface area contributed by atoms with Gasteiger partial charge in [-0.25, -0.2) is 4.99 Å². The van der Waals surface area contributed by atoms with Gasteiger partial charge in [-0.2, -0.15) is 0 Å². The van der Waals surface area contributed by atoms with Gasteiger partial charge in [0.15, 0.2) is 0 Å². The molecule has 0 aromatic rings. The lowest BCUT2D eigenvalue weighted by molar-refractivity contribution is 1.08. The first-order valence-corrected chi connectivity index (χ1v) is 4.55. The Hall–Kier alpha value is -0.270. The molecule has 0 aromatic carbocycles. The van der Waals surface area contributed by atoms with Crippen LogP contribution in [0.1, 0.15) is 27.2 Å². The molecule has 12 heavy (non-hydrogen) atoms. The third kappa shape index (κ3) is 5.39. The second-order valence-electron chi connectivity index (χ2n) is 2.46. The van der Waals surface area contributed by atoms with E-state index in [1.807, 2.05) is 13.8 Å². The van der Waals surface area contributed by atoms with E-state index >= 15 is 0 Å². The molecular formula is C9H13Cl2N. The summed E-state index contributed by atoms with van der Waals surface area (Å²) in [5.41, 5.74) is 1.08. The fourth-order valence-corrected chi connectivity index (χ4v) is 0.708. The summed E-state index contributed by atoms with van der Waals surface area (Å²) < 4.78 is 0. The van der Waals surface area contributed by atoms with Gasteiger partial charge >= 0.3 is 0 Å². The maximum Gasteiger partial charge on any atom is 0.127 e. The van der Waals surface area contributed by atoms with Crippen molar-refractivity contribution >= 4 is 29.4 Å². The van der Waals surface area contributed by atoms with Crippen LogP contribution >= 0.6 is 23.2 Å². The quantitative estimate of drug-likeness (QED) is 0.487. The van der Waals surface area contributed by atoms with Crippen LogP contribution in [0.2, 0.25) is 0 Å². The zero-order chi connectivity index (χ0) is 9.56. The van der Waals surface area contributed by atoms with Crippen molar-refractivity contribution < 1.29 is 0 Å². The van der Waals surface area contributed by atoms with Crippen molar-refractivity contribution in [3.05, 3.63) is 21.8 Å². The summed E-state index contributed by atoms with van der Waals surface area (Å²) in [7, 11) is 0. The number of allylic oxidation sites excluding steroid dienone is 3. The molecule has 0 amide bonds. The number of hydrogen-bond acceptors (Lipinski definition) is 1. The molecule has 0 aliphatic rings. The molecule has 0 bridgehead atoms. The smallest absolute Gasteiger partial charge is 0.127 e. The van der Waals surface area contributed by atoms with Gasteiger partial charge in [0.05, 0.1) is 0 Å². The number of nitrogens with zero attached hydrogens (tertiary/aromatic N) is 1. The Balaban J connectivity index is 4.27. The van der Waals surface area contributed by atoms with Gasteiger partial charge in [-0.05, 0) is 31.9 Å². The predicted octanol–water partition coefficient (Wildman–Crippen LogP) is 4.08. The molecule has 0 saturated heterocycles. The lowest BCUT2D eigenvalue weighted by atomic mass is 10.3. The standard InChI is InChI=1S/C9H13Cl2N/c1-4-7(2)9(11)12-6-5-8(3)10/h5-6H,4H2,1-3H3/b8-5+,9-7?,12-6-. The first-order chi connectivity index (χ1) is 5.57. The van der Waals surface area contributed by atoms with Gasteiger partial charge < -0.3 is 0 Å². The summed E-state index contributed by atoms with van der Waals surface area (Å²) >= 11 is 11.4. The fourth-order valence-electron chi connectivity index (χ4n) is 0.461. The van der Waals surface area contributed by atoms with Crippen molar-refractivity contribution in [2.24, 2.45) is 4.99 Å². The van der Waals surface area contributed by atoms with E-state index in [4.69, 9.17) is 23.2 Å². The van der Waals surface area contributed by atoms with Gasteiger partial charge in [0.2, 0.25) is 0 Å². The van der Waals surface area contributed by atoms with Crippen LogP contribution in [-0.4, -0.2) is 6.21 Å². The van der Waals surface area contributed by atoms with Crippen LogP contribution in [0.4, 0.5) is 0 Å². The van der Waals surface area contributed by atoms with Crippen molar-refractivity contribution in [2.45, 2.75) is 27.2 Å². The fraction of sp³-hybridized carbons (Fsp3) is 0.444. The predicted molar refractivity (Wildman–Crippen MR) is 56.9 cm³/mol. The number of halogens is 2. The van der Waals surface area contributed by atoms with Crippen molar-refractivity contribution in [1.29, 1.82) is 0 Å². The Labute approximate surface area is 83.8 Å². The Morgan fingerprint density at radius 3 is 2.33 bits per heavy atom. The maximum atomic E-state index is 5.82. The minimum absolute atomic E-state index is 0.548. The second kappa shape index (κ2) is 6.27. The number of rotatable bonds is 3. The first-order valence-electron chi connectivity index (χ1n) is 3.79. The number of aliphatic imine (C=N–C) groups is 1. The van der Waals surface area contributed by atoms with Crippen LogP contribution < -0.4 is 0 Å². The zero-order valence-corrected chi connectivity index (χ0v) is 9.08. The Morgan fingerprint density at radius 1 is 1.33 bits per heavy atom.